The first-order chi connectivity index (χ1) is 16.9. The topological polar surface area (TPSA) is 79.0 Å². The molecule has 1 heterocycles. The van der Waals surface area contributed by atoms with Crippen LogP contribution in [0.1, 0.15) is 10.4 Å². The van der Waals surface area contributed by atoms with Crippen molar-refractivity contribution in [2.24, 2.45) is 0 Å². The first kappa shape index (κ1) is 23.3. The third kappa shape index (κ3) is 4.60. The number of thiocarbonyl (C=S) groups is 1. The van der Waals surface area contributed by atoms with Crippen LogP contribution in [-0.2, 0) is 0 Å². The van der Waals surface area contributed by atoms with E-state index in [1.165, 1.54) is 7.11 Å². The van der Waals surface area contributed by atoms with Gasteiger partial charge in [0.1, 0.15) is 11.6 Å². The van der Waals surface area contributed by atoms with Crippen molar-refractivity contribution < 1.29 is 9.53 Å². The number of aromatic nitrogens is 2. The number of nitrogens with zero attached hydrogens (tertiary/aromatic N) is 1. The number of carbonyl (C=O) groups excluding carboxylic acids is 1. The minimum absolute atomic E-state index is 0.102. The maximum absolute atomic E-state index is 13.1. The van der Waals surface area contributed by atoms with Crippen LogP contribution >= 0.6 is 39.7 Å². The SMILES string of the molecule is COc1c(C(=O)NC(=S)Nc2cc(-c3nc4ccccc4[nH]3)ccc2Cl)cc2ccccc2c1Br. The molecular weight excluding hydrogens is 548 g/mol. The van der Waals surface area contributed by atoms with Crippen molar-refractivity contribution in [2.45, 2.75) is 0 Å². The summed E-state index contributed by atoms with van der Waals surface area (Å²) in [6.45, 7) is 0. The van der Waals surface area contributed by atoms with Gasteiger partial charge in [-0.25, -0.2) is 4.98 Å². The van der Waals surface area contributed by atoms with E-state index in [-0.39, 0.29) is 5.11 Å². The van der Waals surface area contributed by atoms with E-state index in [9.17, 15) is 4.79 Å². The highest BCUT2D eigenvalue weighted by Gasteiger charge is 2.19. The molecule has 0 unspecified atom stereocenters. The van der Waals surface area contributed by atoms with Crippen molar-refractivity contribution in [3.8, 4) is 17.1 Å². The van der Waals surface area contributed by atoms with Crippen molar-refractivity contribution >= 4 is 78.3 Å². The molecule has 0 fully saturated rings. The number of H-pyrrole nitrogens is 1. The number of imidazole rings is 1. The maximum atomic E-state index is 13.1. The van der Waals surface area contributed by atoms with Gasteiger partial charge in [0.05, 0.1) is 38.9 Å². The molecule has 3 N–H and O–H groups in total. The molecule has 1 aromatic heterocycles. The summed E-state index contributed by atoms with van der Waals surface area (Å²) in [6, 6.07) is 22.7. The van der Waals surface area contributed by atoms with Gasteiger partial charge in [0.25, 0.3) is 5.91 Å². The Bertz CT molecular complexity index is 1590. The fourth-order valence-corrected chi connectivity index (χ4v) is 4.94. The highest BCUT2D eigenvalue weighted by Crippen LogP contribution is 2.36. The number of amides is 1. The van der Waals surface area contributed by atoms with Crippen LogP contribution in [0.2, 0.25) is 5.02 Å². The fraction of sp³-hybridized carbons (Fsp3) is 0.0385. The zero-order chi connectivity index (χ0) is 24.5. The largest absolute Gasteiger partial charge is 0.495 e. The molecule has 0 aliphatic carbocycles. The summed E-state index contributed by atoms with van der Waals surface area (Å²) in [4.78, 5) is 21.0. The molecule has 9 heteroatoms. The zero-order valence-electron chi connectivity index (χ0n) is 18.4. The molecule has 35 heavy (non-hydrogen) atoms. The molecule has 1 amide bonds. The molecule has 0 radical (unpaired) electrons. The highest BCUT2D eigenvalue weighted by atomic mass is 79.9. The third-order valence-electron chi connectivity index (χ3n) is 5.49. The second kappa shape index (κ2) is 9.65. The number of ether oxygens (including phenoxy) is 1. The molecule has 0 bridgehead atoms. The van der Waals surface area contributed by atoms with Gasteiger partial charge < -0.3 is 15.0 Å². The Morgan fingerprint density at radius 3 is 2.66 bits per heavy atom. The number of rotatable bonds is 4. The predicted octanol–water partition coefficient (Wildman–Crippen LogP) is 6.93. The Labute approximate surface area is 219 Å². The quantitative estimate of drug-likeness (QED) is 0.206. The van der Waals surface area contributed by atoms with Crippen LogP contribution in [0, 0.1) is 0 Å². The van der Waals surface area contributed by atoms with Crippen LogP contribution in [0.5, 0.6) is 5.75 Å². The van der Waals surface area contributed by atoms with Gasteiger partial charge in [-0.1, -0.05) is 48.0 Å². The van der Waals surface area contributed by atoms with Crippen molar-refractivity contribution in [1.82, 2.24) is 15.3 Å². The van der Waals surface area contributed by atoms with Gasteiger partial charge in [-0.2, -0.15) is 0 Å². The number of hydrogen-bond donors (Lipinski definition) is 3. The van der Waals surface area contributed by atoms with Crippen LogP contribution in [-0.4, -0.2) is 28.1 Å². The van der Waals surface area contributed by atoms with E-state index < -0.39 is 5.91 Å². The Balaban J connectivity index is 1.39. The van der Waals surface area contributed by atoms with Crippen LogP contribution in [0.25, 0.3) is 33.2 Å². The first-order valence-electron chi connectivity index (χ1n) is 10.6. The van der Waals surface area contributed by atoms with Crippen molar-refractivity contribution in [1.29, 1.82) is 0 Å². The van der Waals surface area contributed by atoms with Crippen LogP contribution < -0.4 is 15.4 Å². The molecule has 4 aromatic carbocycles. The monoisotopic (exact) mass is 564 g/mol. The Kier molecular flexibility index (Phi) is 6.42. The van der Waals surface area contributed by atoms with Gasteiger partial charge in [0.2, 0.25) is 0 Å². The number of para-hydroxylation sites is 2. The second-order valence-corrected chi connectivity index (χ2v) is 9.31. The number of carbonyl (C=O) groups is 1. The summed E-state index contributed by atoms with van der Waals surface area (Å²) in [5, 5.41) is 8.12. The smallest absolute Gasteiger partial charge is 0.261 e. The fourth-order valence-electron chi connectivity index (χ4n) is 3.83. The summed E-state index contributed by atoms with van der Waals surface area (Å²) in [7, 11) is 1.52. The summed E-state index contributed by atoms with van der Waals surface area (Å²) in [5.41, 5.74) is 3.52. The number of fused-ring (bicyclic) bond motifs is 2. The number of anilines is 1. The van der Waals surface area contributed by atoms with Crippen molar-refractivity contribution in [3.63, 3.8) is 0 Å². The normalized spacial score (nSPS) is 10.9. The highest BCUT2D eigenvalue weighted by molar-refractivity contribution is 9.10. The van der Waals surface area contributed by atoms with E-state index in [1.54, 1.807) is 12.1 Å². The Morgan fingerprint density at radius 1 is 1.09 bits per heavy atom. The van der Waals surface area contributed by atoms with Gasteiger partial charge in [0.15, 0.2) is 5.11 Å². The molecule has 0 spiro atoms. The van der Waals surface area contributed by atoms with E-state index in [2.05, 4.69) is 36.5 Å². The molecule has 6 nitrogen and oxygen atoms in total. The summed E-state index contributed by atoms with van der Waals surface area (Å²) >= 11 is 15.4. The lowest BCUT2D eigenvalue weighted by Crippen LogP contribution is -2.34. The van der Waals surface area contributed by atoms with Crippen LogP contribution in [0.15, 0.2) is 77.3 Å². The molecule has 0 saturated carbocycles. The average molecular weight is 566 g/mol. The molecule has 174 valence electrons. The summed E-state index contributed by atoms with van der Waals surface area (Å²) in [6.07, 6.45) is 0. The molecule has 0 aliphatic heterocycles. The number of aromatic amines is 1. The van der Waals surface area contributed by atoms with Gasteiger partial charge in [-0.3, -0.25) is 10.1 Å². The minimum Gasteiger partial charge on any atom is -0.495 e. The lowest BCUT2D eigenvalue weighted by atomic mass is 10.1. The zero-order valence-corrected chi connectivity index (χ0v) is 21.5. The maximum Gasteiger partial charge on any atom is 0.261 e. The van der Waals surface area contributed by atoms with E-state index in [0.717, 1.165) is 27.4 Å². The van der Waals surface area contributed by atoms with Gasteiger partial charge in [-0.15, -0.1) is 0 Å². The van der Waals surface area contributed by atoms with Crippen molar-refractivity contribution in [2.75, 3.05) is 12.4 Å². The van der Waals surface area contributed by atoms with E-state index in [0.29, 0.717) is 32.3 Å². The molecular formula is C26H18BrClN4O2S. The van der Waals surface area contributed by atoms with E-state index >= 15 is 0 Å². The van der Waals surface area contributed by atoms with E-state index in [4.69, 9.17) is 28.6 Å². The summed E-state index contributed by atoms with van der Waals surface area (Å²) < 4.78 is 6.21. The Hall–Kier alpha value is -3.46. The number of benzene rings is 4. The molecule has 0 aliphatic rings. The first-order valence-corrected chi connectivity index (χ1v) is 12.1. The van der Waals surface area contributed by atoms with Crippen molar-refractivity contribution in [3.05, 3.63) is 87.9 Å². The van der Waals surface area contributed by atoms with Crippen LogP contribution in [0.3, 0.4) is 0 Å². The predicted molar refractivity (Wildman–Crippen MR) is 148 cm³/mol. The average Bonchev–Trinajstić information content (AvgIpc) is 3.29. The second-order valence-electron chi connectivity index (χ2n) is 7.70. The number of nitrogens with one attached hydrogen (secondary N) is 3. The lowest BCUT2D eigenvalue weighted by molar-refractivity contribution is 0.0975. The molecule has 0 saturated heterocycles. The van der Waals surface area contributed by atoms with E-state index in [1.807, 2.05) is 60.7 Å². The third-order valence-corrected chi connectivity index (χ3v) is 6.82. The molecule has 5 rings (SSSR count). The Morgan fingerprint density at radius 2 is 1.86 bits per heavy atom. The standard InChI is InChI=1S/C26H18BrClN4O2S/c1-34-23-17(12-14-6-2-3-7-16(14)22(23)27)25(33)32-26(35)31-21-13-15(10-11-18(21)28)24-29-19-8-4-5-9-20(19)30-24/h2-13H,1H3,(H,29,30)(H2,31,32,33,35). The van der Waals surface area contributed by atoms with Gasteiger partial charge in [0, 0.05) is 5.56 Å². The number of hydrogen-bond acceptors (Lipinski definition) is 4. The number of halogens is 2. The number of methoxy groups -OCH3 is 1. The molecule has 5 aromatic rings. The molecule has 0 atom stereocenters. The van der Waals surface area contributed by atoms with Crippen LogP contribution in [0.4, 0.5) is 5.69 Å². The van der Waals surface area contributed by atoms with Gasteiger partial charge >= 0.3 is 0 Å². The summed E-state index contributed by atoms with van der Waals surface area (Å²) in [5.74, 6) is 0.718. The van der Waals surface area contributed by atoms with Gasteiger partial charge in [-0.05, 0) is 75.3 Å². The lowest BCUT2D eigenvalue weighted by Gasteiger charge is -2.15. The minimum atomic E-state index is -0.407.